The summed E-state index contributed by atoms with van der Waals surface area (Å²) < 4.78 is 0. The van der Waals surface area contributed by atoms with Crippen molar-refractivity contribution < 1.29 is 4.79 Å². The van der Waals surface area contributed by atoms with Crippen molar-refractivity contribution in [3.05, 3.63) is 36.0 Å². The first-order chi connectivity index (χ1) is 9.65. The molecule has 1 aromatic carbocycles. The van der Waals surface area contributed by atoms with Crippen LogP contribution in [0.3, 0.4) is 0 Å². The van der Waals surface area contributed by atoms with Gasteiger partial charge < -0.3 is 16.0 Å². The number of fused-ring (bicyclic) bond motifs is 1. The third-order valence-electron chi connectivity index (χ3n) is 3.78. The van der Waals surface area contributed by atoms with E-state index in [4.69, 9.17) is 5.73 Å². The molecule has 0 radical (unpaired) electrons. The van der Waals surface area contributed by atoms with Crippen LogP contribution in [0.1, 0.15) is 32.3 Å². The van der Waals surface area contributed by atoms with Gasteiger partial charge in [0.1, 0.15) is 0 Å². The summed E-state index contributed by atoms with van der Waals surface area (Å²) in [4.78, 5) is 15.3. The van der Waals surface area contributed by atoms with Crippen molar-refractivity contribution in [1.29, 1.82) is 0 Å². The van der Waals surface area contributed by atoms with Crippen molar-refractivity contribution in [2.45, 2.75) is 45.2 Å². The van der Waals surface area contributed by atoms with Gasteiger partial charge in [0, 0.05) is 23.1 Å². The van der Waals surface area contributed by atoms with Crippen LogP contribution in [0, 0.1) is 0 Å². The van der Waals surface area contributed by atoms with Gasteiger partial charge in [-0.25, -0.2) is 0 Å². The highest BCUT2D eigenvalue weighted by Crippen LogP contribution is 2.18. The van der Waals surface area contributed by atoms with Gasteiger partial charge in [0.25, 0.3) is 0 Å². The molecule has 0 saturated heterocycles. The zero-order valence-corrected chi connectivity index (χ0v) is 12.1. The first kappa shape index (κ1) is 14.6. The van der Waals surface area contributed by atoms with Gasteiger partial charge in [-0.05, 0) is 30.9 Å². The van der Waals surface area contributed by atoms with Gasteiger partial charge in [0.05, 0.1) is 6.04 Å². The normalized spacial score (nSPS) is 12.8. The Morgan fingerprint density at radius 2 is 2.00 bits per heavy atom. The molecule has 0 aliphatic heterocycles. The fourth-order valence-electron chi connectivity index (χ4n) is 2.43. The van der Waals surface area contributed by atoms with E-state index in [0.29, 0.717) is 6.42 Å². The van der Waals surface area contributed by atoms with Gasteiger partial charge in [-0.15, -0.1) is 0 Å². The van der Waals surface area contributed by atoms with Gasteiger partial charge in [0.15, 0.2) is 0 Å². The second-order valence-electron chi connectivity index (χ2n) is 5.19. The molecule has 1 atom stereocenters. The van der Waals surface area contributed by atoms with E-state index in [1.165, 1.54) is 0 Å². The van der Waals surface area contributed by atoms with Gasteiger partial charge in [-0.3, -0.25) is 4.79 Å². The van der Waals surface area contributed by atoms with Crippen LogP contribution in [0.5, 0.6) is 0 Å². The maximum atomic E-state index is 12.1. The number of aromatic amines is 1. The van der Waals surface area contributed by atoms with Gasteiger partial charge >= 0.3 is 0 Å². The lowest BCUT2D eigenvalue weighted by atomic mass is 10.0. The van der Waals surface area contributed by atoms with Crippen LogP contribution in [0.2, 0.25) is 0 Å². The molecule has 108 valence electrons. The second-order valence-corrected chi connectivity index (χ2v) is 5.19. The quantitative estimate of drug-likeness (QED) is 0.756. The van der Waals surface area contributed by atoms with E-state index in [-0.39, 0.29) is 11.9 Å². The molecular formula is C16H23N3O. The Balaban J connectivity index is 2.04. The minimum absolute atomic E-state index is 0.0658. The van der Waals surface area contributed by atoms with E-state index in [1.54, 1.807) is 0 Å². The smallest absolute Gasteiger partial charge is 0.237 e. The Hall–Kier alpha value is -1.81. The number of nitrogens with one attached hydrogen (secondary N) is 2. The molecule has 0 bridgehead atoms. The van der Waals surface area contributed by atoms with E-state index in [0.717, 1.165) is 29.3 Å². The summed E-state index contributed by atoms with van der Waals surface area (Å²) in [6.07, 6.45) is 4.36. The van der Waals surface area contributed by atoms with Gasteiger partial charge in [-0.1, -0.05) is 32.0 Å². The Morgan fingerprint density at radius 1 is 1.30 bits per heavy atom. The van der Waals surface area contributed by atoms with Crippen molar-refractivity contribution in [2.75, 3.05) is 0 Å². The molecule has 1 unspecified atom stereocenters. The summed E-state index contributed by atoms with van der Waals surface area (Å²) in [6, 6.07) is 7.77. The number of hydrogen-bond acceptors (Lipinski definition) is 2. The molecule has 1 heterocycles. The third kappa shape index (κ3) is 3.20. The Morgan fingerprint density at radius 3 is 2.70 bits per heavy atom. The monoisotopic (exact) mass is 273 g/mol. The van der Waals surface area contributed by atoms with Crippen LogP contribution in [0.15, 0.2) is 30.5 Å². The van der Waals surface area contributed by atoms with Crippen molar-refractivity contribution in [3.8, 4) is 0 Å². The minimum atomic E-state index is -0.505. The van der Waals surface area contributed by atoms with E-state index < -0.39 is 6.04 Å². The predicted octanol–water partition coefficient (Wildman–Crippen LogP) is 2.34. The number of hydrogen-bond donors (Lipinski definition) is 3. The fourth-order valence-corrected chi connectivity index (χ4v) is 2.43. The number of carbonyl (C=O) groups is 1. The zero-order valence-electron chi connectivity index (χ0n) is 12.1. The second kappa shape index (κ2) is 6.57. The van der Waals surface area contributed by atoms with Crippen molar-refractivity contribution in [1.82, 2.24) is 10.3 Å². The molecule has 0 fully saturated rings. The van der Waals surface area contributed by atoms with Crippen LogP contribution in [0.4, 0.5) is 0 Å². The van der Waals surface area contributed by atoms with E-state index in [9.17, 15) is 4.79 Å². The predicted molar refractivity (Wildman–Crippen MR) is 82.5 cm³/mol. The Bertz CT molecular complexity index is 572. The first-order valence-electron chi connectivity index (χ1n) is 7.26. The summed E-state index contributed by atoms with van der Waals surface area (Å²) in [7, 11) is 0. The van der Waals surface area contributed by atoms with Crippen molar-refractivity contribution in [2.24, 2.45) is 5.73 Å². The fraction of sp³-hybridized carbons (Fsp3) is 0.438. The molecule has 0 saturated carbocycles. The van der Waals surface area contributed by atoms with Crippen LogP contribution in [-0.4, -0.2) is 23.0 Å². The maximum absolute atomic E-state index is 12.1. The molecule has 2 rings (SSSR count). The molecular weight excluding hydrogens is 250 g/mol. The Kier molecular flexibility index (Phi) is 4.79. The molecule has 20 heavy (non-hydrogen) atoms. The average molecular weight is 273 g/mol. The number of aromatic nitrogens is 1. The molecule has 0 spiro atoms. The average Bonchev–Trinajstić information content (AvgIpc) is 2.87. The highest BCUT2D eigenvalue weighted by Gasteiger charge is 2.18. The summed E-state index contributed by atoms with van der Waals surface area (Å²) in [5.74, 6) is -0.0658. The third-order valence-corrected chi connectivity index (χ3v) is 3.78. The van der Waals surface area contributed by atoms with Gasteiger partial charge in [-0.2, -0.15) is 0 Å². The van der Waals surface area contributed by atoms with E-state index in [1.807, 2.05) is 30.5 Å². The molecule has 0 aliphatic rings. The Labute approximate surface area is 119 Å². The number of benzene rings is 1. The molecule has 4 N–H and O–H groups in total. The summed E-state index contributed by atoms with van der Waals surface area (Å²) >= 11 is 0. The molecule has 2 aromatic rings. The molecule has 0 aliphatic carbocycles. The number of para-hydroxylation sites is 1. The number of H-pyrrole nitrogens is 1. The van der Waals surface area contributed by atoms with Gasteiger partial charge in [0.2, 0.25) is 5.91 Å². The first-order valence-corrected chi connectivity index (χ1v) is 7.26. The van der Waals surface area contributed by atoms with Crippen LogP contribution >= 0.6 is 0 Å². The number of rotatable bonds is 6. The topological polar surface area (TPSA) is 70.9 Å². The van der Waals surface area contributed by atoms with Crippen molar-refractivity contribution in [3.63, 3.8) is 0 Å². The standard InChI is InChI=1S/C16H23N3O/c1-3-12(4-2)19-16(20)14(17)9-11-10-18-15-8-6-5-7-13(11)15/h5-8,10,12,14,18H,3-4,9,17H2,1-2H3,(H,19,20). The summed E-state index contributed by atoms with van der Waals surface area (Å²) in [6.45, 7) is 4.14. The number of carbonyl (C=O) groups excluding carboxylic acids is 1. The molecule has 1 amide bonds. The lowest BCUT2D eigenvalue weighted by Crippen LogP contribution is -2.46. The molecule has 4 nitrogen and oxygen atoms in total. The summed E-state index contributed by atoms with van der Waals surface area (Å²) in [5, 5.41) is 4.14. The maximum Gasteiger partial charge on any atom is 0.237 e. The lowest BCUT2D eigenvalue weighted by Gasteiger charge is -2.18. The van der Waals surface area contributed by atoms with Crippen LogP contribution in [-0.2, 0) is 11.2 Å². The largest absolute Gasteiger partial charge is 0.361 e. The van der Waals surface area contributed by atoms with Crippen molar-refractivity contribution >= 4 is 16.8 Å². The SMILES string of the molecule is CCC(CC)NC(=O)C(N)Cc1c[nH]c2ccccc12. The van der Waals surface area contributed by atoms with Crippen LogP contribution < -0.4 is 11.1 Å². The zero-order chi connectivity index (χ0) is 14.5. The van der Waals surface area contributed by atoms with E-state index >= 15 is 0 Å². The minimum Gasteiger partial charge on any atom is -0.361 e. The van der Waals surface area contributed by atoms with Crippen LogP contribution in [0.25, 0.3) is 10.9 Å². The molecule has 4 heteroatoms. The lowest BCUT2D eigenvalue weighted by molar-refractivity contribution is -0.123. The highest BCUT2D eigenvalue weighted by atomic mass is 16.2. The highest BCUT2D eigenvalue weighted by molar-refractivity contribution is 5.86. The van der Waals surface area contributed by atoms with E-state index in [2.05, 4.69) is 24.1 Å². The number of nitrogens with two attached hydrogens (primary N) is 1. The molecule has 1 aromatic heterocycles. The number of amides is 1. The summed E-state index contributed by atoms with van der Waals surface area (Å²) in [5.41, 5.74) is 8.20.